The second-order valence-corrected chi connectivity index (χ2v) is 3.34. The molecule has 0 bridgehead atoms. The van der Waals surface area contributed by atoms with Gasteiger partial charge in [-0.2, -0.15) is 0 Å². The van der Waals surface area contributed by atoms with E-state index in [0.29, 0.717) is 10.8 Å². The first kappa shape index (κ1) is 12.6. The van der Waals surface area contributed by atoms with Crippen molar-refractivity contribution in [1.29, 1.82) is 0 Å². The molecular formula is C10H13ClN2O3. The molecule has 2 amide bonds. The predicted octanol–water partition coefficient (Wildman–Crippen LogP) is 0.968. The molecule has 16 heavy (non-hydrogen) atoms. The highest BCUT2D eigenvalue weighted by Crippen LogP contribution is 2.14. The second-order valence-electron chi connectivity index (χ2n) is 2.90. The van der Waals surface area contributed by atoms with Crippen molar-refractivity contribution < 1.29 is 14.6 Å². The Kier molecular flexibility index (Phi) is 5.45. The fraction of sp³-hybridized carbons (Fsp3) is 0.300. The molecule has 0 saturated carbocycles. The predicted molar refractivity (Wildman–Crippen MR) is 60.6 cm³/mol. The Morgan fingerprint density at radius 3 is 2.62 bits per heavy atom. The van der Waals surface area contributed by atoms with E-state index in [-0.39, 0.29) is 25.9 Å². The summed E-state index contributed by atoms with van der Waals surface area (Å²) in [6.45, 7) is 0.178. The fourth-order valence-electron chi connectivity index (χ4n) is 0.948. The number of benzene rings is 1. The molecule has 0 unspecified atom stereocenters. The van der Waals surface area contributed by atoms with Gasteiger partial charge in [0, 0.05) is 11.6 Å². The summed E-state index contributed by atoms with van der Waals surface area (Å²) < 4.78 is 5.22. The van der Waals surface area contributed by atoms with Crippen LogP contribution in [0.1, 0.15) is 0 Å². The van der Waals surface area contributed by atoms with Crippen molar-refractivity contribution in [3.8, 4) is 5.75 Å². The smallest absolute Gasteiger partial charge is 0.317 e. The summed E-state index contributed by atoms with van der Waals surface area (Å²) >= 11 is 5.69. The van der Waals surface area contributed by atoms with E-state index >= 15 is 0 Å². The summed E-state index contributed by atoms with van der Waals surface area (Å²) in [6.07, 6.45) is 0. The Hall–Kier alpha value is -1.46. The molecule has 5 nitrogen and oxygen atoms in total. The van der Waals surface area contributed by atoms with Crippen molar-refractivity contribution in [2.45, 2.75) is 0 Å². The number of urea groups is 1. The molecule has 0 aliphatic carbocycles. The minimum absolute atomic E-state index is 0.0545. The first-order chi connectivity index (χ1) is 7.72. The maximum Gasteiger partial charge on any atom is 0.317 e. The van der Waals surface area contributed by atoms with Crippen molar-refractivity contribution in [3.63, 3.8) is 0 Å². The Morgan fingerprint density at radius 1 is 1.31 bits per heavy atom. The lowest BCUT2D eigenvalue weighted by Gasteiger charge is -2.08. The minimum atomic E-state index is -0.386. The SMILES string of the molecule is O=C(NCCO)NCOc1ccc(Cl)cc1. The molecule has 0 aliphatic heterocycles. The van der Waals surface area contributed by atoms with Gasteiger partial charge in [-0.25, -0.2) is 4.79 Å². The van der Waals surface area contributed by atoms with Crippen LogP contribution in [0.3, 0.4) is 0 Å². The molecule has 0 saturated heterocycles. The highest BCUT2D eigenvalue weighted by atomic mass is 35.5. The monoisotopic (exact) mass is 244 g/mol. The highest BCUT2D eigenvalue weighted by Gasteiger charge is 1.98. The van der Waals surface area contributed by atoms with Crippen LogP contribution in [0.2, 0.25) is 5.02 Å². The normalized spacial score (nSPS) is 9.62. The molecule has 1 aromatic rings. The number of aliphatic hydroxyl groups excluding tert-OH is 1. The van der Waals surface area contributed by atoms with Crippen LogP contribution in [0.5, 0.6) is 5.75 Å². The number of ether oxygens (including phenoxy) is 1. The molecule has 88 valence electrons. The lowest BCUT2D eigenvalue weighted by Crippen LogP contribution is -2.38. The first-order valence-corrected chi connectivity index (χ1v) is 5.11. The van der Waals surface area contributed by atoms with Crippen LogP contribution in [0, 0.1) is 0 Å². The number of aliphatic hydroxyl groups is 1. The number of hydrogen-bond acceptors (Lipinski definition) is 3. The lowest BCUT2D eigenvalue weighted by molar-refractivity contribution is 0.219. The van der Waals surface area contributed by atoms with Crippen LogP contribution in [0.25, 0.3) is 0 Å². The van der Waals surface area contributed by atoms with Gasteiger partial charge in [0.1, 0.15) is 5.75 Å². The van der Waals surface area contributed by atoms with E-state index in [9.17, 15) is 4.79 Å². The first-order valence-electron chi connectivity index (χ1n) is 4.73. The average Bonchev–Trinajstić information content (AvgIpc) is 2.29. The van der Waals surface area contributed by atoms with Crippen LogP contribution in [-0.4, -0.2) is 31.0 Å². The molecule has 0 aliphatic rings. The number of nitrogens with one attached hydrogen (secondary N) is 2. The van der Waals surface area contributed by atoms with E-state index in [0.717, 1.165) is 0 Å². The largest absolute Gasteiger partial charge is 0.473 e. The van der Waals surface area contributed by atoms with E-state index in [4.69, 9.17) is 21.4 Å². The standard InChI is InChI=1S/C10H13ClN2O3/c11-8-1-3-9(4-2-8)16-7-13-10(15)12-5-6-14/h1-4,14H,5-7H2,(H2,12,13,15). The Balaban J connectivity index is 2.20. The van der Waals surface area contributed by atoms with E-state index in [1.54, 1.807) is 24.3 Å². The van der Waals surface area contributed by atoms with Gasteiger partial charge < -0.3 is 20.5 Å². The van der Waals surface area contributed by atoms with Crippen LogP contribution in [-0.2, 0) is 0 Å². The van der Waals surface area contributed by atoms with E-state index in [2.05, 4.69) is 10.6 Å². The number of hydrogen-bond donors (Lipinski definition) is 3. The molecule has 0 radical (unpaired) electrons. The van der Waals surface area contributed by atoms with Gasteiger partial charge in [-0.1, -0.05) is 11.6 Å². The molecule has 0 heterocycles. The molecule has 1 rings (SSSR count). The van der Waals surface area contributed by atoms with Gasteiger partial charge in [0.25, 0.3) is 0 Å². The van der Waals surface area contributed by atoms with Gasteiger partial charge in [0.2, 0.25) is 0 Å². The summed E-state index contributed by atoms with van der Waals surface area (Å²) in [7, 11) is 0. The molecular weight excluding hydrogens is 232 g/mol. The van der Waals surface area contributed by atoms with E-state index in [1.807, 2.05) is 0 Å². The molecule has 0 aromatic heterocycles. The van der Waals surface area contributed by atoms with Gasteiger partial charge in [-0.3, -0.25) is 0 Å². The second kappa shape index (κ2) is 6.92. The van der Waals surface area contributed by atoms with Crippen molar-refractivity contribution in [3.05, 3.63) is 29.3 Å². The zero-order valence-corrected chi connectivity index (χ0v) is 9.33. The summed E-state index contributed by atoms with van der Waals surface area (Å²) in [6, 6.07) is 6.42. The summed E-state index contributed by atoms with van der Waals surface area (Å²) in [5.74, 6) is 0.617. The number of amides is 2. The molecule has 1 aromatic carbocycles. The number of rotatable bonds is 5. The molecule has 6 heteroatoms. The summed E-state index contributed by atoms with van der Waals surface area (Å²) in [4.78, 5) is 11.0. The zero-order chi connectivity index (χ0) is 11.8. The lowest BCUT2D eigenvalue weighted by atomic mass is 10.3. The number of halogens is 1. The maximum atomic E-state index is 11.0. The van der Waals surface area contributed by atoms with Crippen molar-refractivity contribution in [2.75, 3.05) is 19.9 Å². The summed E-state index contributed by atoms with van der Waals surface area (Å²) in [5, 5.41) is 14.0. The third-order valence-corrected chi connectivity index (χ3v) is 1.93. The molecule has 0 atom stereocenters. The molecule has 0 fully saturated rings. The van der Waals surface area contributed by atoms with Crippen LogP contribution in [0.15, 0.2) is 24.3 Å². The van der Waals surface area contributed by atoms with Crippen LogP contribution < -0.4 is 15.4 Å². The molecule has 3 N–H and O–H groups in total. The van der Waals surface area contributed by atoms with E-state index < -0.39 is 0 Å². The number of carbonyl (C=O) groups is 1. The maximum absolute atomic E-state index is 11.0. The Bertz CT molecular complexity index is 329. The van der Waals surface area contributed by atoms with Crippen molar-refractivity contribution >= 4 is 17.6 Å². The third kappa shape index (κ3) is 4.86. The highest BCUT2D eigenvalue weighted by molar-refractivity contribution is 6.30. The van der Waals surface area contributed by atoms with Gasteiger partial charge in [-0.15, -0.1) is 0 Å². The topological polar surface area (TPSA) is 70.6 Å². The minimum Gasteiger partial charge on any atom is -0.473 e. The average molecular weight is 245 g/mol. The quantitative estimate of drug-likeness (QED) is 0.676. The van der Waals surface area contributed by atoms with Gasteiger partial charge in [0.05, 0.1) is 6.61 Å². The van der Waals surface area contributed by atoms with Gasteiger partial charge in [0.15, 0.2) is 6.73 Å². The van der Waals surface area contributed by atoms with Crippen LogP contribution >= 0.6 is 11.6 Å². The Morgan fingerprint density at radius 2 is 2.00 bits per heavy atom. The van der Waals surface area contributed by atoms with Crippen molar-refractivity contribution in [1.82, 2.24) is 10.6 Å². The van der Waals surface area contributed by atoms with Gasteiger partial charge >= 0.3 is 6.03 Å². The summed E-state index contributed by atoms with van der Waals surface area (Å²) in [5.41, 5.74) is 0. The number of carbonyl (C=O) groups excluding carboxylic acids is 1. The third-order valence-electron chi connectivity index (χ3n) is 1.68. The van der Waals surface area contributed by atoms with Gasteiger partial charge in [-0.05, 0) is 24.3 Å². The zero-order valence-electron chi connectivity index (χ0n) is 8.57. The Labute approximate surface area is 98.4 Å². The molecule has 0 spiro atoms. The fourth-order valence-corrected chi connectivity index (χ4v) is 1.07. The van der Waals surface area contributed by atoms with E-state index in [1.165, 1.54) is 0 Å². The van der Waals surface area contributed by atoms with Crippen LogP contribution in [0.4, 0.5) is 4.79 Å². The van der Waals surface area contributed by atoms with Crippen molar-refractivity contribution in [2.24, 2.45) is 0 Å².